The predicted octanol–water partition coefficient (Wildman–Crippen LogP) is 5.29. The molecule has 1 aromatic heterocycles. The molecule has 0 bridgehead atoms. The quantitative estimate of drug-likeness (QED) is 0.281. The minimum absolute atomic E-state index is 0.0461. The third-order valence-corrected chi connectivity index (χ3v) is 8.69. The largest absolute Gasteiger partial charge is 0.480 e. The minimum atomic E-state index is -1.64. The van der Waals surface area contributed by atoms with Gasteiger partial charge in [-0.25, -0.2) is 24.2 Å². The number of fused-ring (bicyclic) bond motifs is 1. The van der Waals surface area contributed by atoms with Crippen LogP contribution < -0.4 is 5.73 Å². The lowest BCUT2D eigenvalue weighted by Gasteiger charge is -2.44. The average Bonchev–Trinajstić information content (AvgIpc) is 3.42. The summed E-state index contributed by atoms with van der Waals surface area (Å²) in [5.41, 5.74) is 3.20. The van der Waals surface area contributed by atoms with E-state index in [-0.39, 0.29) is 31.3 Å². The van der Waals surface area contributed by atoms with E-state index in [1.165, 1.54) is 0 Å². The molecule has 0 radical (unpaired) electrons. The molecule has 3 rings (SSSR count). The second kappa shape index (κ2) is 15.6. The fraction of sp³-hybridized carbons (Fsp3) is 0.618. The number of aromatic nitrogens is 1. The maximum atomic E-state index is 14.8. The zero-order valence-electron chi connectivity index (χ0n) is 29.2. The summed E-state index contributed by atoms with van der Waals surface area (Å²) >= 11 is 0. The van der Waals surface area contributed by atoms with Crippen LogP contribution >= 0.6 is 0 Å². The number of urea groups is 1. The SMILES string of the molecule is [2H]N[C@@H](CC(C)(C)C)C(=O)N(C(=O)N1[C@H](C)CCC[C@@H]1C)[C@@H](Cc1c[nH]c2ccccc12)C(=O)N(C(=O)OC)[C@H](CCCC)C(=O)O. The van der Waals surface area contributed by atoms with Crippen LogP contribution in [-0.2, 0) is 25.5 Å². The number of hydrogen-bond acceptors (Lipinski definition) is 7. The van der Waals surface area contributed by atoms with Crippen LogP contribution in [0.4, 0.5) is 9.59 Å². The van der Waals surface area contributed by atoms with Crippen LogP contribution in [0.2, 0.25) is 1.41 Å². The molecule has 4 N–H and O–H groups in total. The van der Waals surface area contributed by atoms with Crippen molar-refractivity contribution in [2.24, 2.45) is 11.1 Å². The number of amides is 5. The van der Waals surface area contributed by atoms with Gasteiger partial charge in [-0.05, 0) is 63.0 Å². The van der Waals surface area contributed by atoms with Gasteiger partial charge in [0.05, 0.1) is 13.2 Å². The first-order chi connectivity index (χ1) is 22.2. The minimum Gasteiger partial charge on any atom is -0.480 e. The Balaban J connectivity index is 2.30. The molecule has 1 aliphatic rings. The maximum absolute atomic E-state index is 14.8. The van der Waals surface area contributed by atoms with E-state index in [1.54, 1.807) is 11.1 Å². The van der Waals surface area contributed by atoms with Gasteiger partial charge in [0.15, 0.2) is 0 Å². The molecule has 0 unspecified atom stereocenters. The van der Waals surface area contributed by atoms with Crippen molar-refractivity contribution < 1.29 is 35.2 Å². The topological polar surface area (TPSA) is 166 Å². The third-order valence-electron chi connectivity index (χ3n) is 8.69. The number of rotatable bonds is 12. The van der Waals surface area contributed by atoms with Crippen molar-refractivity contribution in [3.05, 3.63) is 36.0 Å². The summed E-state index contributed by atoms with van der Waals surface area (Å²) < 4.78 is 13.0. The first-order valence-corrected chi connectivity index (χ1v) is 16.2. The molecule has 1 saturated heterocycles. The van der Waals surface area contributed by atoms with Gasteiger partial charge in [0.25, 0.3) is 5.91 Å². The summed E-state index contributed by atoms with van der Waals surface area (Å²) in [4.78, 5) is 76.2. The van der Waals surface area contributed by atoms with Crippen LogP contribution in [0.25, 0.3) is 10.9 Å². The summed E-state index contributed by atoms with van der Waals surface area (Å²) in [5.74, 6) is -3.28. The van der Waals surface area contributed by atoms with Crippen LogP contribution in [0.15, 0.2) is 30.5 Å². The fourth-order valence-electron chi connectivity index (χ4n) is 6.36. The number of carbonyl (C=O) groups is 5. The average molecular weight is 643 g/mol. The Morgan fingerprint density at radius 3 is 2.30 bits per heavy atom. The molecule has 12 nitrogen and oxygen atoms in total. The second-order valence-electron chi connectivity index (χ2n) is 13.6. The van der Waals surface area contributed by atoms with Crippen molar-refractivity contribution in [2.75, 3.05) is 7.11 Å². The van der Waals surface area contributed by atoms with Crippen LogP contribution in [0.3, 0.4) is 0 Å². The number of nitrogens with zero attached hydrogens (tertiary/aromatic N) is 3. The number of likely N-dealkylation sites (tertiary alicyclic amines) is 1. The van der Waals surface area contributed by atoms with E-state index in [1.807, 2.05) is 65.8 Å². The van der Waals surface area contributed by atoms with E-state index < -0.39 is 53.4 Å². The van der Waals surface area contributed by atoms with Crippen molar-refractivity contribution >= 4 is 40.8 Å². The Kier molecular flexibility index (Phi) is 11.8. The first-order valence-electron chi connectivity index (χ1n) is 16.7. The van der Waals surface area contributed by atoms with Crippen LogP contribution in [0, 0.1) is 5.41 Å². The van der Waals surface area contributed by atoms with E-state index in [9.17, 15) is 29.1 Å². The number of methoxy groups -OCH3 is 1. The van der Waals surface area contributed by atoms with Crippen LogP contribution in [0.5, 0.6) is 0 Å². The first kappa shape index (κ1) is 34.9. The van der Waals surface area contributed by atoms with Gasteiger partial charge in [-0.1, -0.05) is 58.7 Å². The van der Waals surface area contributed by atoms with E-state index in [0.29, 0.717) is 36.1 Å². The lowest BCUT2D eigenvalue weighted by Crippen LogP contribution is -2.65. The summed E-state index contributed by atoms with van der Waals surface area (Å²) in [6, 6.07) is 1.65. The number of unbranched alkanes of at least 4 members (excludes halogenated alkanes) is 1. The lowest BCUT2D eigenvalue weighted by atomic mass is 9.87. The molecule has 0 saturated carbocycles. The van der Waals surface area contributed by atoms with Crippen molar-refractivity contribution in [2.45, 2.75) is 123 Å². The van der Waals surface area contributed by atoms with E-state index in [2.05, 4.69) is 10.7 Å². The number of nitrogens with two attached hydrogens (primary N) is 1. The molecule has 2 heterocycles. The molecule has 0 aliphatic carbocycles. The number of piperidine rings is 1. The maximum Gasteiger partial charge on any atom is 0.417 e. The highest BCUT2D eigenvalue weighted by Crippen LogP contribution is 2.30. The van der Waals surface area contributed by atoms with Crippen molar-refractivity contribution in [1.29, 1.82) is 0 Å². The van der Waals surface area contributed by atoms with Gasteiger partial charge in [0.1, 0.15) is 13.5 Å². The van der Waals surface area contributed by atoms with Gasteiger partial charge in [0.2, 0.25) is 5.91 Å². The third kappa shape index (κ3) is 8.45. The molecule has 1 fully saturated rings. The standard InChI is InChI=1S/C34H51N5O7/c1-8-9-17-27(31(42)43)39(33(45)46-7)30(41)28(18-23-20-36-26-16-11-10-15-24(23)26)38(29(40)25(35)19-34(4,5)6)32(44)37-21(2)13-12-14-22(37)3/h10-11,15-16,20-22,25,27-28,36H,8-9,12-14,17-19,35H2,1-7H3,(H,42,43)/t21-,22+,25-,27+,28-/m0/s1/i/hD. The number of benzene rings is 1. The van der Waals surface area contributed by atoms with Gasteiger partial charge >= 0.3 is 18.1 Å². The highest BCUT2D eigenvalue weighted by molar-refractivity contribution is 6.06. The zero-order valence-corrected chi connectivity index (χ0v) is 28.2. The molecule has 1 aliphatic heterocycles. The summed E-state index contributed by atoms with van der Waals surface area (Å²) in [7, 11) is 1.05. The van der Waals surface area contributed by atoms with Gasteiger partial charge in [0, 0.05) is 35.6 Å². The molecule has 46 heavy (non-hydrogen) atoms. The normalized spacial score (nSPS) is 19.1. The lowest BCUT2D eigenvalue weighted by molar-refractivity contribution is -0.152. The summed E-state index contributed by atoms with van der Waals surface area (Å²) in [5, 5.41) is 11.0. The highest BCUT2D eigenvalue weighted by atomic mass is 16.5. The number of aliphatic carboxylic acids is 1. The molecule has 1 aromatic carbocycles. The number of para-hydroxylation sites is 1. The molecule has 12 heteroatoms. The molecule has 5 atom stereocenters. The van der Waals surface area contributed by atoms with Gasteiger partial charge in [-0.2, -0.15) is 0 Å². The van der Waals surface area contributed by atoms with Gasteiger partial charge < -0.3 is 25.5 Å². The van der Waals surface area contributed by atoms with Crippen LogP contribution in [-0.4, -0.2) is 92.0 Å². The predicted molar refractivity (Wildman–Crippen MR) is 175 cm³/mol. The number of hydrogen-bond donors (Lipinski definition) is 3. The van der Waals surface area contributed by atoms with Crippen molar-refractivity contribution in [3.8, 4) is 0 Å². The number of carbonyl (C=O) groups excluding carboxylic acids is 4. The summed E-state index contributed by atoms with van der Waals surface area (Å²) in [6.07, 6.45) is 3.62. The molecule has 254 valence electrons. The van der Waals surface area contributed by atoms with Crippen LogP contribution in [0.1, 0.15) is 92.1 Å². The number of aromatic amines is 1. The smallest absolute Gasteiger partial charge is 0.417 e. The molecule has 2 aromatic rings. The second-order valence-corrected chi connectivity index (χ2v) is 13.6. The number of nitrogens with one attached hydrogen (secondary N) is 1. The zero-order chi connectivity index (χ0) is 35.1. The monoisotopic (exact) mass is 642 g/mol. The fourth-order valence-corrected chi connectivity index (χ4v) is 6.36. The molecule has 5 amide bonds. The van der Waals surface area contributed by atoms with Crippen molar-refractivity contribution in [3.63, 3.8) is 0 Å². The molecule has 0 spiro atoms. The Bertz CT molecular complexity index is 1410. The van der Waals surface area contributed by atoms with E-state index in [4.69, 9.17) is 6.15 Å². The summed E-state index contributed by atoms with van der Waals surface area (Å²) in [6.45, 7) is 11.3. The Morgan fingerprint density at radius 1 is 1.09 bits per heavy atom. The highest BCUT2D eigenvalue weighted by Gasteiger charge is 2.47. The number of ether oxygens (including phenoxy) is 1. The Morgan fingerprint density at radius 2 is 1.74 bits per heavy atom. The van der Waals surface area contributed by atoms with E-state index in [0.717, 1.165) is 29.3 Å². The number of carboxylic acids is 1. The van der Waals surface area contributed by atoms with E-state index >= 15 is 0 Å². The van der Waals surface area contributed by atoms with Gasteiger partial charge in [-0.3, -0.25) is 9.59 Å². The Hall–Kier alpha value is -3.93. The number of H-pyrrole nitrogens is 1. The number of imide groups is 2. The Labute approximate surface area is 273 Å². The number of carboxylic acid groups (broad SMARTS) is 1. The van der Waals surface area contributed by atoms with Crippen molar-refractivity contribution in [1.82, 2.24) is 19.7 Å². The molecular formula is C34H51N5O7. The molecular weight excluding hydrogens is 590 g/mol. The van der Waals surface area contributed by atoms with Gasteiger partial charge in [-0.15, -0.1) is 0 Å².